The minimum atomic E-state index is -0.962. The molecule has 3 heterocycles. The second-order valence-electron chi connectivity index (χ2n) is 5.11. The Kier molecular flexibility index (Phi) is 3.74. The Hall–Kier alpha value is -2.15. The fourth-order valence-electron chi connectivity index (χ4n) is 2.82. The molecule has 1 saturated heterocycles. The molecule has 3 rings (SSSR count). The van der Waals surface area contributed by atoms with E-state index in [0.29, 0.717) is 18.8 Å². The van der Waals surface area contributed by atoms with Gasteiger partial charge in [0.25, 0.3) is 0 Å². The van der Waals surface area contributed by atoms with Gasteiger partial charge in [0.1, 0.15) is 23.5 Å². The summed E-state index contributed by atoms with van der Waals surface area (Å²) in [5, 5.41) is 10.2. The Bertz CT molecular complexity index is 662. The van der Waals surface area contributed by atoms with Crippen LogP contribution in [0.15, 0.2) is 12.4 Å². The van der Waals surface area contributed by atoms with Gasteiger partial charge in [-0.15, -0.1) is 0 Å². The monoisotopic (exact) mass is 290 g/mol. The predicted octanol–water partition coefficient (Wildman–Crippen LogP) is 1.38. The van der Waals surface area contributed by atoms with Crippen LogP contribution >= 0.6 is 0 Å². The van der Waals surface area contributed by atoms with E-state index in [4.69, 9.17) is 4.74 Å². The first-order chi connectivity index (χ1) is 10.2. The van der Waals surface area contributed by atoms with Gasteiger partial charge in [0.2, 0.25) is 0 Å². The van der Waals surface area contributed by atoms with Crippen LogP contribution in [0.3, 0.4) is 0 Å². The van der Waals surface area contributed by atoms with E-state index in [9.17, 15) is 9.90 Å². The molecule has 1 fully saturated rings. The summed E-state index contributed by atoms with van der Waals surface area (Å²) in [6, 6.07) is 1.67. The smallest absolute Gasteiger partial charge is 0.352 e. The number of fused-ring (bicyclic) bond motifs is 1. The molecule has 0 radical (unpaired) electrons. The third-order valence-electron chi connectivity index (χ3n) is 3.81. The third-order valence-corrected chi connectivity index (χ3v) is 3.81. The van der Waals surface area contributed by atoms with Crippen molar-refractivity contribution in [2.24, 2.45) is 0 Å². The van der Waals surface area contributed by atoms with Gasteiger partial charge in [-0.3, -0.25) is 0 Å². The molecule has 2 aromatic rings. The summed E-state index contributed by atoms with van der Waals surface area (Å²) in [4.78, 5) is 22.3. The molecule has 21 heavy (non-hydrogen) atoms. The van der Waals surface area contributed by atoms with E-state index in [2.05, 4.69) is 14.9 Å². The van der Waals surface area contributed by atoms with Gasteiger partial charge >= 0.3 is 5.97 Å². The van der Waals surface area contributed by atoms with Gasteiger partial charge in [0, 0.05) is 26.7 Å². The molecule has 1 aliphatic heterocycles. The van der Waals surface area contributed by atoms with Crippen LogP contribution in [0.1, 0.15) is 23.3 Å². The number of methoxy groups -OCH3 is 1. The molecule has 0 saturated carbocycles. The van der Waals surface area contributed by atoms with Gasteiger partial charge in [-0.05, 0) is 18.9 Å². The highest BCUT2D eigenvalue weighted by Crippen LogP contribution is 2.28. The van der Waals surface area contributed by atoms with Gasteiger partial charge in [0.05, 0.1) is 12.0 Å². The molecule has 0 aromatic carbocycles. The van der Waals surface area contributed by atoms with Gasteiger partial charge in [-0.2, -0.15) is 0 Å². The first kappa shape index (κ1) is 13.8. The number of aromatic carboxylic acids is 1. The number of nitrogens with zero attached hydrogens (tertiary/aromatic N) is 4. The normalized spacial score (nSPS) is 15.0. The summed E-state index contributed by atoms with van der Waals surface area (Å²) in [5.41, 5.74) is 0.879. The van der Waals surface area contributed by atoms with Crippen molar-refractivity contribution in [2.45, 2.75) is 19.4 Å². The van der Waals surface area contributed by atoms with Crippen molar-refractivity contribution in [1.29, 1.82) is 0 Å². The number of rotatable bonds is 5. The van der Waals surface area contributed by atoms with Crippen molar-refractivity contribution < 1.29 is 14.6 Å². The van der Waals surface area contributed by atoms with Crippen LogP contribution in [0.4, 0.5) is 5.82 Å². The van der Waals surface area contributed by atoms with Crippen molar-refractivity contribution in [3.05, 3.63) is 18.1 Å². The number of ether oxygens (including phenoxy) is 1. The molecule has 0 spiro atoms. The lowest BCUT2D eigenvalue weighted by molar-refractivity contribution is 0.0683. The van der Waals surface area contributed by atoms with Crippen molar-refractivity contribution in [3.63, 3.8) is 0 Å². The molecule has 0 unspecified atom stereocenters. The van der Waals surface area contributed by atoms with Crippen molar-refractivity contribution in [3.8, 4) is 0 Å². The van der Waals surface area contributed by atoms with E-state index in [1.54, 1.807) is 17.7 Å². The fraction of sp³-hybridized carbons (Fsp3) is 0.500. The SMILES string of the molecule is COCCn1c(C(=O)O)cc2c(N3CCCC3)ncnc21. The lowest BCUT2D eigenvalue weighted by Gasteiger charge is -2.16. The molecule has 1 N–H and O–H groups in total. The average Bonchev–Trinajstić information content (AvgIpc) is 3.12. The largest absolute Gasteiger partial charge is 0.477 e. The summed E-state index contributed by atoms with van der Waals surface area (Å²) in [5.74, 6) is -0.132. The summed E-state index contributed by atoms with van der Waals surface area (Å²) in [6.45, 7) is 2.81. The highest BCUT2D eigenvalue weighted by atomic mass is 16.5. The first-order valence-electron chi connectivity index (χ1n) is 7.04. The third kappa shape index (κ3) is 2.44. The standard InChI is InChI=1S/C14H18N4O3/c1-21-7-6-18-11(14(19)20)8-10-12(15-9-16-13(10)18)17-4-2-3-5-17/h8-9H,2-7H2,1H3,(H,19,20). The molecular formula is C14H18N4O3. The number of hydrogen-bond acceptors (Lipinski definition) is 5. The summed E-state index contributed by atoms with van der Waals surface area (Å²) in [7, 11) is 1.59. The fourth-order valence-corrected chi connectivity index (χ4v) is 2.82. The molecular weight excluding hydrogens is 272 g/mol. The first-order valence-corrected chi connectivity index (χ1v) is 7.04. The van der Waals surface area contributed by atoms with Crippen molar-refractivity contribution >= 4 is 22.8 Å². The number of carbonyl (C=O) groups is 1. The Labute approximate surface area is 122 Å². The highest BCUT2D eigenvalue weighted by Gasteiger charge is 2.22. The van der Waals surface area contributed by atoms with Gasteiger partial charge in [-0.1, -0.05) is 0 Å². The lowest BCUT2D eigenvalue weighted by atomic mass is 10.3. The Balaban J connectivity index is 2.13. The molecule has 7 heteroatoms. The van der Waals surface area contributed by atoms with Gasteiger partial charge in [0.15, 0.2) is 0 Å². The molecule has 0 atom stereocenters. The van der Waals surface area contributed by atoms with Crippen molar-refractivity contribution in [1.82, 2.24) is 14.5 Å². The maximum Gasteiger partial charge on any atom is 0.352 e. The zero-order valence-electron chi connectivity index (χ0n) is 11.9. The van der Waals surface area contributed by atoms with E-state index in [0.717, 1.165) is 37.1 Å². The molecule has 1 aliphatic rings. The van der Waals surface area contributed by atoms with Crippen LogP contribution in [-0.4, -0.2) is 52.4 Å². The van der Waals surface area contributed by atoms with Gasteiger partial charge < -0.3 is 19.3 Å². The number of aromatic nitrogens is 3. The maximum absolute atomic E-state index is 11.5. The zero-order chi connectivity index (χ0) is 14.8. The van der Waals surface area contributed by atoms with E-state index in [-0.39, 0.29) is 5.69 Å². The minimum Gasteiger partial charge on any atom is -0.477 e. The molecule has 0 amide bonds. The van der Waals surface area contributed by atoms with Crippen LogP contribution in [0.5, 0.6) is 0 Å². The zero-order valence-corrected chi connectivity index (χ0v) is 11.9. The summed E-state index contributed by atoms with van der Waals surface area (Å²) in [6.07, 6.45) is 3.79. The van der Waals surface area contributed by atoms with Crippen LogP contribution < -0.4 is 4.90 Å². The predicted molar refractivity (Wildman–Crippen MR) is 77.8 cm³/mol. The number of hydrogen-bond donors (Lipinski definition) is 1. The number of carboxylic acid groups (broad SMARTS) is 1. The second kappa shape index (κ2) is 5.69. The average molecular weight is 290 g/mol. The van der Waals surface area contributed by atoms with E-state index < -0.39 is 5.97 Å². The van der Waals surface area contributed by atoms with Crippen LogP contribution in [0, 0.1) is 0 Å². The van der Waals surface area contributed by atoms with Crippen LogP contribution in [-0.2, 0) is 11.3 Å². The van der Waals surface area contributed by atoms with Crippen LogP contribution in [0.25, 0.3) is 11.0 Å². The molecule has 2 aromatic heterocycles. The molecule has 0 bridgehead atoms. The maximum atomic E-state index is 11.5. The second-order valence-corrected chi connectivity index (χ2v) is 5.11. The van der Waals surface area contributed by atoms with Crippen molar-refractivity contribution in [2.75, 3.05) is 31.7 Å². The van der Waals surface area contributed by atoms with Crippen LogP contribution in [0.2, 0.25) is 0 Å². The molecule has 112 valence electrons. The Morgan fingerprint density at radius 2 is 2.14 bits per heavy atom. The number of anilines is 1. The topological polar surface area (TPSA) is 80.5 Å². The molecule has 0 aliphatic carbocycles. The quantitative estimate of drug-likeness (QED) is 0.896. The van der Waals surface area contributed by atoms with E-state index in [1.165, 1.54) is 6.33 Å². The molecule has 7 nitrogen and oxygen atoms in total. The van der Waals surface area contributed by atoms with Gasteiger partial charge in [-0.25, -0.2) is 14.8 Å². The summed E-state index contributed by atoms with van der Waals surface area (Å²) >= 11 is 0. The van der Waals surface area contributed by atoms with E-state index >= 15 is 0 Å². The minimum absolute atomic E-state index is 0.225. The Morgan fingerprint density at radius 1 is 1.38 bits per heavy atom. The lowest BCUT2D eigenvalue weighted by Crippen LogP contribution is -2.19. The Morgan fingerprint density at radius 3 is 2.81 bits per heavy atom. The summed E-state index contributed by atoms with van der Waals surface area (Å²) < 4.78 is 6.74. The highest BCUT2D eigenvalue weighted by molar-refractivity contribution is 5.97. The number of carboxylic acids is 1. The van der Waals surface area contributed by atoms with E-state index in [1.807, 2.05) is 0 Å².